The van der Waals surface area contributed by atoms with Crippen molar-refractivity contribution in [1.82, 2.24) is 10.2 Å². The number of nitrogens with one attached hydrogen (secondary N) is 1. The molecule has 1 aromatic carbocycles. The highest BCUT2D eigenvalue weighted by Gasteiger charge is 2.27. The number of urea groups is 1. The molecule has 26 heavy (non-hydrogen) atoms. The molecular weight excluding hydrogens is 344 g/mol. The van der Waals surface area contributed by atoms with Gasteiger partial charge in [0.2, 0.25) is 5.91 Å². The SMILES string of the molecule is O=C(CCCN1C(=O)CNC1=O)OCC(=O)c1ccc2c(c1)OCCO2. The van der Waals surface area contributed by atoms with E-state index >= 15 is 0 Å². The van der Waals surface area contributed by atoms with Crippen molar-refractivity contribution in [3.05, 3.63) is 23.8 Å². The lowest BCUT2D eigenvalue weighted by atomic mass is 10.1. The van der Waals surface area contributed by atoms with Crippen LogP contribution in [0.5, 0.6) is 11.5 Å². The molecule has 1 fully saturated rings. The molecule has 0 saturated carbocycles. The summed E-state index contributed by atoms with van der Waals surface area (Å²) in [5, 5.41) is 2.39. The lowest BCUT2D eigenvalue weighted by Gasteiger charge is -2.18. The molecule has 0 unspecified atom stereocenters. The van der Waals surface area contributed by atoms with Gasteiger partial charge in [0.05, 0.1) is 6.54 Å². The number of carbonyl (C=O) groups is 4. The normalized spacial score (nSPS) is 15.6. The molecule has 9 heteroatoms. The Morgan fingerprint density at radius 2 is 1.92 bits per heavy atom. The third-order valence-corrected chi connectivity index (χ3v) is 3.93. The summed E-state index contributed by atoms with van der Waals surface area (Å²) in [6.45, 7) is 0.602. The van der Waals surface area contributed by atoms with Gasteiger partial charge in [-0.2, -0.15) is 0 Å². The number of hydrogen-bond acceptors (Lipinski definition) is 7. The molecule has 2 aliphatic rings. The van der Waals surface area contributed by atoms with Crippen LogP contribution < -0.4 is 14.8 Å². The maximum atomic E-state index is 12.1. The van der Waals surface area contributed by atoms with Crippen LogP contribution in [0.1, 0.15) is 23.2 Å². The lowest BCUT2D eigenvalue weighted by molar-refractivity contribution is -0.142. The van der Waals surface area contributed by atoms with Crippen molar-refractivity contribution in [2.45, 2.75) is 12.8 Å². The smallest absolute Gasteiger partial charge is 0.324 e. The van der Waals surface area contributed by atoms with E-state index in [0.29, 0.717) is 30.3 Å². The minimum Gasteiger partial charge on any atom is -0.486 e. The third-order valence-electron chi connectivity index (χ3n) is 3.93. The van der Waals surface area contributed by atoms with Crippen molar-refractivity contribution in [2.75, 3.05) is 32.9 Å². The Bertz CT molecular complexity index is 731. The highest BCUT2D eigenvalue weighted by Crippen LogP contribution is 2.30. The van der Waals surface area contributed by atoms with E-state index in [1.165, 1.54) is 0 Å². The van der Waals surface area contributed by atoms with Gasteiger partial charge < -0.3 is 19.5 Å². The standard InChI is InChI=1S/C17H18N2O7/c20-12(11-3-4-13-14(8-11)25-7-6-24-13)10-26-16(22)2-1-5-19-15(21)9-18-17(19)23/h3-4,8H,1-2,5-7,9-10H2,(H,18,23). The summed E-state index contributed by atoms with van der Waals surface area (Å²) in [5.41, 5.74) is 0.362. The van der Waals surface area contributed by atoms with Gasteiger partial charge in [-0.25, -0.2) is 4.79 Å². The third kappa shape index (κ3) is 4.11. The molecule has 2 heterocycles. The first kappa shape index (κ1) is 17.7. The highest BCUT2D eigenvalue weighted by molar-refractivity contribution is 6.02. The van der Waals surface area contributed by atoms with Gasteiger partial charge in [0, 0.05) is 18.5 Å². The van der Waals surface area contributed by atoms with Crippen molar-refractivity contribution in [1.29, 1.82) is 0 Å². The molecule has 2 aliphatic heterocycles. The Labute approximate surface area is 149 Å². The minimum absolute atomic E-state index is 0.00544. The fourth-order valence-electron chi connectivity index (χ4n) is 2.58. The molecule has 0 atom stereocenters. The zero-order valence-corrected chi connectivity index (χ0v) is 14.0. The topological polar surface area (TPSA) is 111 Å². The summed E-state index contributed by atoms with van der Waals surface area (Å²) in [7, 11) is 0. The summed E-state index contributed by atoms with van der Waals surface area (Å²) in [5.74, 6) is -0.184. The number of ketones is 1. The van der Waals surface area contributed by atoms with E-state index in [1.807, 2.05) is 0 Å². The molecule has 1 saturated heterocycles. The zero-order chi connectivity index (χ0) is 18.5. The molecule has 0 spiro atoms. The number of benzene rings is 1. The summed E-state index contributed by atoms with van der Waals surface area (Å²) >= 11 is 0. The van der Waals surface area contributed by atoms with E-state index in [4.69, 9.17) is 14.2 Å². The Morgan fingerprint density at radius 3 is 2.65 bits per heavy atom. The van der Waals surface area contributed by atoms with Crippen molar-refractivity contribution in [3.8, 4) is 11.5 Å². The molecule has 9 nitrogen and oxygen atoms in total. The second-order valence-corrected chi connectivity index (χ2v) is 5.75. The van der Waals surface area contributed by atoms with E-state index in [0.717, 1.165) is 4.90 Å². The molecule has 3 rings (SSSR count). The number of nitrogens with zero attached hydrogens (tertiary/aromatic N) is 1. The Hall–Kier alpha value is -3.10. The largest absolute Gasteiger partial charge is 0.486 e. The van der Waals surface area contributed by atoms with Crippen LogP contribution in [0.2, 0.25) is 0 Å². The van der Waals surface area contributed by atoms with Gasteiger partial charge in [0.1, 0.15) is 13.2 Å². The highest BCUT2D eigenvalue weighted by atomic mass is 16.6. The molecular formula is C17H18N2O7. The van der Waals surface area contributed by atoms with Crippen LogP contribution in [0.25, 0.3) is 0 Å². The van der Waals surface area contributed by atoms with E-state index < -0.39 is 12.0 Å². The summed E-state index contributed by atoms with van der Waals surface area (Å²) in [6.07, 6.45) is 0.279. The van der Waals surface area contributed by atoms with Crippen molar-refractivity contribution in [2.24, 2.45) is 0 Å². The molecule has 0 bridgehead atoms. The first-order valence-electron chi connectivity index (χ1n) is 8.21. The average molecular weight is 362 g/mol. The molecule has 1 aromatic rings. The first-order chi connectivity index (χ1) is 12.5. The zero-order valence-electron chi connectivity index (χ0n) is 14.0. The fourth-order valence-corrected chi connectivity index (χ4v) is 2.58. The second-order valence-electron chi connectivity index (χ2n) is 5.75. The number of carbonyl (C=O) groups excluding carboxylic acids is 4. The minimum atomic E-state index is -0.567. The van der Waals surface area contributed by atoms with Gasteiger partial charge >= 0.3 is 12.0 Å². The molecule has 1 N–H and O–H groups in total. The predicted octanol–water partition coefficient (Wildman–Crippen LogP) is 0.516. The average Bonchev–Trinajstić information content (AvgIpc) is 2.97. The van der Waals surface area contributed by atoms with Crippen LogP contribution >= 0.6 is 0 Å². The van der Waals surface area contributed by atoms with Crippen molar-refractivity contribution in [3.63, 3.8) is 0 Å². The van der Waals surface area contributed by atoms with Crippen LogP contribution in [0.15, 0.2) is 18.2 Å². The van der Waals surface area contributed by atoms with Crippen LogP contribution in [0.3, 0.4) is 0 Å². The molecule has 0 aliphatic carbocycles. The van der Waals surface area contributed by atoms with Gasteiger partial charge in [-0.15, -0.1) is 0 Å². The summed E-state index contributed by atoms with van der Waals surface area (Å²) in [4.78, 5) is 47.6. The number of fused-ring (bicyclic) bond motifs is 1. The molecule has 0 radical (unpaired) electrons. The van der Waals surface area contributed by atoms with E-state index in [9.17, 15) is 19.2 Å². The molecule has 3 amide bonds. The van der Waals surface area contributed by atoms with E-state index in [2.05, 4.69) is 5.32 Å². The Morgan fingerprint density at radius 1 is 1.15 bits per heavy atom. The maximum Gasteiger partial charge on any atom is 0.324 e. The van der Waals surface area contributed by atoms with Crippen molar-refractivity contribution < 1.29 is 33.4 Å². The molecule has 138 valence electrons. The van der Waals surface area contributed by atoms with Crippen LogP contribution in [-0.2, 0) is 14.3 Å². The van der Waals surface area contributed by atoms with Gasteiger partial charge in [0.25, 0.3) is 0 Å². The quantitative estimate of drug-likeness (QED) is 0.427. The number of ether oxygens (including phenoxy) is 3. The Balaban J connectivity index is 1.42. The lowest BCUT2D eigenvalue weighted by Crippen LogP contribution is -2.32. The van der Waals surface area contributed by atoms with E-state index in [-0.39, 0.29) is 44.2 Å². The maximum absolute atomic E-state index is 12.1. The number of esters is 1. The summed E-state index contributed by atoms with van der Waals surface area (Å²) < 4.78 is 15.7. The number of amides is 3. The second kappa shape index (κ2) is 7.85. The number of hydrogen-bond donors (Lipinski definition) is 1. The predicted molar refractivity (Wildman–Crippen MR) is 87.1 cm³/mol. The number of imide groups is 1. The number of Topliss-reactive ketones (excluding diaryl/α,β-unsaturated/α-hetero) is 1. The van der Waals surface area contributed by atoms with E-state index in [1.54, 1.807) is 18.2 Å². The van der Waals surface area contributed by atoms with Crippen molar-refractivity contribution >= 4 is 23.7 Å². The van der Waals surface area contributed by atoms with Gasteiger partial charge in [-0.1, -0.05) is 0 Å². The van der Waals surface area contributed by atoms with Gasteiger partial charge in [-0.3, -0.25) is 19.3 Å². The van der Waals surface area contributed by atoms with Gasteiger partial charge in [-0.05, 0) is 24.6 Å². The van der Waals surface area contributed by atoms with Crippen LogP contribution in [0, 0.1) is 0 Å². The summed E-state index contributed by atoms with van der Waals surface area (Å²) in [6, 6.07) is 4.32. The van der Waals surface area contributed by atoms with Crippen LogP contribution in [-0.4, -0.2) is 61.5 Å². The first-order valence-corrected chi connectivity index (χ1v) is 8.21. The molecule has 0 aromatic heterocycles. The fraction of sp³-hybridized carbons (Fsp3) is 0.412. The monoisotopic (exact) mass is 362 g/mol. The van der Waals surface area contributed by atoms with Crippen LogP contribution in [0.4, 0.5) is 4.79 Å². The Kier molecular flexibility index (Phi) is 5.35. The number of rotatable bonds is 7. The van der Waals surface area contributed by atoms with Gasteiger partial charge in [0.15, 0.2) is 23.9 Å².